The molecule has 5 nitrogen and oxygen atoms in total. The minimum Gasteiger partial charge on any atom is -0.345 e. The van der Waals surface area contributed by atoms with Crippen molar-refractivity contribution >= 4 is 15.9 Å². The van der Waals surface area contributed by atoms with Gasteiger partial charge in [0.2, 0.25) is 10.0 Å². The molecule has 1 aliphatic carbocycles. The van der Waals surface area contributed by atoms with Gasteiger partial charge in [-0.2, -0.15) is 0 Å². The maximum Gasteiger partial charge on any atom is 0.251 e. The van der Waals surface area contributed by atoms with Gasteiger partial charge in [-0.15, -0.1) is 0 Å². The van der Waals surface area contributed by atoms with Crippen molar-refractivity contribution in [1.82, 2.24) is 9.62 Å². The van der Waals surface area contributed by atoms with E-state index in [0.29, 0.717) is 17.0 Å². The van der Waals surface area contributed by atoms with Crippen molar-refractivity contribution in [2.45, 2.75) is 37.6 Å². The van der Waals surface area contributed by atoms with Gasteiger partial charge >= 0.3 is 0 Å². The van der Waals surface area contributed by atoms with E-state index in [-0.39, 0.29) is 16.8 Å². The Bertz CT molecular complexity index is 949. The number of aryl methyl sites for hydroxylation is 1. The summed E-state index contributed by atoms with van der Waals surface area (Å²) in [5.41, 5.74) is 2.91. The van der Waals surface area contributed by atoms with Crippen molar-refractivity contribution in [3.63, 3.8) is 0 Å². The fourth-order valence-corrected chi connectivity index (χ4v) is 4.43. The second-order valence-electron chi connectivity index (χ2n) is 7.40. The lowest BCUT2D eigenvalue weighted by Gasteiger charge is -2.20. The van der Waals surface area contributed by atoms with E-state index in [2.05, 4.69) is 5.32 Å². The van der Waals surface area contributed by atoms with Crippen LogP contribution in [0.15, 0.2) is 47.4 Å². The SMILES string of the molecule is Cc1cc(C(=O)NC(c2ccccc2)C2CC2)cc(S(=O)(=O)N(C)C)c1C. The normalized spacial score (nSPS) is 15.6. The van der Waals surface area contributed by atoms with Gasteiger partial charge in [-0.3, -0.25) is 4.79 Å². The lowest BCUT2D eigenvalue weighted by atomic mass is 10.0. The molecule has 2 aromatic carbocycles. The molecule has 144 valence electrons. The molecule has 1 aliphatic rings. The summed E-state index contributed by atoms with van der Waals surface area (Å²) in [5.74, 6) is 0.196. The van der Waals surface area contributed by atoms with E-state index in [1.165, 1.54) is 24.5 Å². The fourth-order valence-electron chi connectivity index (χ4n) is 3.21. The number of amides is 1. The standard InChI is InChI=1S/C21H26N2O3S/c1-14-12-18(13-19(15(14)2)27(25,26)23(3)4)21(24)22-20(17-10-11-17)16-8-6-5-7-9-16/h5-9,12-13,17,20H,10-11H2,1-4H3,(H,22,24). The Morgan fingerprint density at radius 3 is 2.30 bits per heavy atom. The topological polar surface area (TPSA) is 66.5 Å². The van der Waals surface area contributed by atoms with Crippen molar-refractivity contribution in [3.8, 4) is 0 Å². The minimum atomic E-state index is -3.62. The molecular weight excluding hydrogens is 360 g/mol. The number of carbonyl (C=O) groups excluding carboxylic acids is 1. The molecule has 1 unspecified atom stereocenters. The Balaban J connectivity index is 1.94. The van der Waals surface area contributed by atoms with Crippen LogP contribution in [0.25, 0.3) is 0 Å². The summed E-state index contributed by atoms with van der Waals surface area (Å²) in [7, 11) is -0.627. The number of carbonyl (C=O) groups is 1. The second kappa shape index (κ2) is 7.44. The van der Waals surface area contributed by atoms with E-state index >= 15 is 0 Å². The number of nitrogens with zero attached hydrogens (tertiary/aromatic N) is 1. The lowest BCUT2D eigenvalue weighted by Crippen LogP contribution is -2.30. The Hall–Kier alpha value is -2.18. The zero-order chi connectivity index (χ0) is 19.8. The molecule has 0 bridgehead atoms. The van der Waals surface area contributed by atoms with Gasteiger partial charge < -0.3 is 5.32 Å². The summed E-state index contributed by atoms with van der Waals surface area (Å²) in [4.78, 5) is 13.1. The Kier molecular flexibility index (Phi) is 5.40. The molecule has 0 aliphatic heterocycles. The van der Waals surface area contributed by atoms with E-state index in [0.717, 1.165) is 24.0 Å². The average molecular weight is 387 g/mol. The van der Waals surface area contributed by atoms with Crippen LogP contribution in [0.5, 0.6) is 0 Å². The first-order chi connectivity index (χ1) is 12.7. The first-order valence-corrected chi connectivity index (χ1v) is 10.6. The molecule has 0 spiro atoms. The third-order valence-corrected chi connectivity index (χ3v) is 7.12. The molecule has 3 rings (SSSR count). The Morgan fingerprint density at radius 1 is 1.11 bits per heavy atom. The van der Waals surface area contributed by atoms with Gasteiger partial charge in [0.15, 0.2) is 0 Å². The van der Waals surface area contributed by atoms with E-state index in [9.17, 15) is 13.2 Å². The second-order valence-corrected chi connectivity index (χ2v) is 9.52. The third kappa shape index (κ3) is 4.06. The predicted molar refractivity (Wildman–Crippen MR) is 106 cm³/mol. The molecule has 1 fully saturated rings. The van der Waals surface area contributed by atoms with Gasteiger partial charge in [-0.1, -0.05) is 30.3 Å². The van der Waals surface area contributed by atoms with Gasteiger partial charge in [-0.05, 0) is 61.4 Å². The van der Waals surface area contributed by atoms with Crippen molar-refractivity contribution in [2.75, 3.05) is 14.1 Å². The molecule has 0 aromatic heterocycles. The van der Waals surface area contributed by atoms with Crippen LogP contribution in [0.2, 0.25) is 0 Å². The molecule has 1 N–H and O–H groups in total. The van der Waals surface area contributed by atoms with Crippen LogP contribution in [0.3, 0.4) is 0 Å². The maximum absolute atomic E-state index is 13.0. The van der Waals surface area contributed by atoms with Gasteiger partial charge in [-0.25, -0.2) is 12.7 Å². The van der Waals surface area contributed by atoms with Crippen molar-refractivity contribution in [2.24, 2.45) is 5.92 Å². The highest BCUT2D eigenvalue weighted by Gasteiger charge is 2.34. The number of benzene rings is 2. The number of rotatable bonds is 6. The predicted octanol–water partition coefficient (Wildman–Crippen LogP) is 3.43. The van der Waals surface area contributed by atoms with Gasteiger partial charge in [0.1, 0.15) is 0 Å². The molecule has 2 aromatic rings. The van der Waals surface area contributed by atoms with E-state index < -0.39 is 10.0 Å². The van der Waals surface area contributed by atoms with Gasteiger partial charge in [0, 0.05) is 19.7 Å². The number of nitrogens with one attached hydrogen (secondary N) is 1. The van der Waals surface area contributed by atoms with Crippen LogP contribution < -0.4 is 5.32 Å². The zero-order valence-corrected chi connectivity index (χ0v) is 17.0. The monoisotopic (exact) mass is 386 g/mol. The number of sulfonamides is 1. The van der Waals surface area contributed by atoms with Crippen LogP contribution in [-0.4, -0.2) is 32.7 Å². The highest BCUT2D eigenvalue weighted by atomic mass is 32.2. The Morgan fingerprint density at radius 2 is 1.74 bits per heavy atom. The smallest absolute Gasteiger partial charge is 0.251 e. The summed E-state index contributed by atoms with van der Waals surface area (Å²) in [6.07, 6.45) is 2.18. The highest BCUT2D eigenvalue weighted by molar-refractivity contribution is 7.89. The van der Waals surface area contributed by atoms with Crippen molar-refractivity contribution in [3.05, 3.63) is 64.7 Å². The average Bonchev–Trinajstić information content (AvgIpc) is 3.47. The largest absolute Gasteiger partial charge is 0.345 e. The van der Waals surface area contributed by atoms with Gasteiger partial charge in [0.05, 0.1) is 10.9 Å². The van der Waals surface area contributed by atoms with Crippen LogP contribution in [0, 0.1) is 19.8 Å². The molecule has 1 atom stereocenters. The highest BCUT2D eigenvalue weighted by Crippen LogP contribution is 2.41. The zero-order valence-electron chi connectivity index (χ0n) is 16.2. The van der Waals surface area contributed by atoms with Gasteiger partial charge in [0.25, 0.3) is 5.91 Å². The first-order valence-electron chi connectivity index (χ1n) is 9.11. The van der Waals surface area contributed by atoms with Crippen molar-refractivity contribution < 1.29 is 13.2 Å². The molecule has 6 heteroatoms. The van der Waals surface area contributed by atoms with E-state index in [4.69, 9.17) is 0 Å². The molecule has 27 heavy (non-hydrogen) atoms. The summed E-state index contributed by atoms with van der Waals surface area (Å²) in [6.45, 7) is 3.60. The van der Waals surface area contributed by atoms with Crippen LogP contribution in [0.4, 0.5) is 0 Å². The maximum atomic E-state index is 13.0. The number of hydrogen-bond donors (Lipinski definition) is 1. The van der Waals surface area contributed by atoms with E-state index in [1.54, 1.807) is 13.0 Å². The number of hydrogen-bond acceptors (Lipinski definition) is 3. The summed E-state index contributed by atoms with van der Waals surface area (Å²) < 4.78 is 26.4. The first kappa shape index (κ1) is 19.6. The quantitative estimate of drug-likeness (QED) is 0.827. The van der Waals surface area contributed by atoms with Crippen molar-refractivity contribution in [1.29, 1.82) is 0 Å². The Labute approximate surface area is 161 Å². The third-order valence-electron chi connectivity index (χ3n) is 5.18. The lowest BCUT2D eigenvalue weighted by molar-refractivity contribution is 0.0931. The fraction of sp³-hybridized carbons (Fsp3) is 0.381. The minimum absolute atomic E-state index is 0.0470. The summed E-state index contributed by atoms with van der Waals surface area (Å²) in [6, 6.07) is 13.1. The molecule has 0 radical (unpaired) electrons. The molecular formula is C21H26N2O3S. The van der Waals surface area contributed by atoms with Crippen LogP contribution in [0.1, 0.15) is 45.9 Å². The summed E-state index contributed by atoms with van der Waals surface area (Å²) in [5, 5.41) is 3.12. The summed E-state index contributed by atoms with van der Waals surface area (Å²) >= 11 is 0. The molecule has 1 amide bonds. The van der Waals surface area contributed by atoms with Crippen LogP contribution in [-0.2, 0) is 10.0 Å². The molecule has 0 heterocycles. The van der Waals surface area contributed by atoms with E-state index in [1.807, 2.05) is 37.3 Å². The molecule has 1 saturated carbocycles. The van der Waals surface area contributed by atoms with Crippen LogP contribution >= 0.6 is 0 Å². The molecule has 0 saturated heterocycles.